The van der Waals surface area contributed by atoms with Gasteiger partial charge in [-0.1, -0.05) is 6.07 Å². The van der Waals surface area contributed by atoms with Gasteiger partial charge in [0.15, 0.2) is 0 Å². The first-order valence-corrected chi connectivity index (χ1v) is 12.3. The Kier molecular flexibility index (Phi) is 6.24. The quantitative estimate of drug-likeness (QED) is 0.720. The van der Waals surface area contributed by atoms with E-state index in [4.69, 9.17) is 0 Å². The van der Waals surface area contributed by atoms with Crippen LogP contribution in [0.2, 0.25) is 0 Å². The van der Waals surface area contributed by atoms with Gasteiger partial charge in [-0.25, -0.2) is 13.1 Å². The predicted octanol–water partition coefficient (Wildman–Crippen LogP) is 1.29. The molecule has 1 N–H and O–H groups in total. The van der Waals surface area contributed by atoms with Crippen molar-refractivity contribution in [1.29, 1.82) is 0 Å². The normalized spacial score (nSPS) is 21.6. The van der Waals surface area contributed by atoms with Crippen molar-refractivity contribution in [2.75, 3.05) is 52.4 Å². The molecule has 2 saturated heterocycles. The number of carbonyl (C=O) groups excluding carboxylic acids is 1. The molecule has 4 rings (SSSR count). The summed E-state index contributed by atoms with van der Waals surface area (Å²) in [6.45, 7) is 9.59. The number of carbonyl (C=O) groups is 1. The largest absolute Gasteiger partial charge is 0.336 e. The predicted molar refractivity (Wildman–Crippen MR) is 113 cm³/mol. The van der Waals surface area contributed by atoms with E-state index in [9.17, 15) is 13.2 Å². The summed E-state index contributed by atoms with van der Waals surface area (Å²) in [6, 6.07) is 4.92. The van der Waals surface area contributed by atoms with Gasteiger partial charge in [0.05, 0.1) is 4.90 Å². The van der Waals surface area contributed by atoms with Crippen molar-refractivity contribution < 1.29 is 13.2 Å². The fourth-order valence-corrected chi connectivity index (χ4v) is 5.45. The van der Waals surface area contributed by atoms with Crippen LogP contribution in [0, 0.1) is 6.92 Å². The van der Waals surface area contributed by atoms with Crippen LogP contribution in [0.5, 0.6) is 0 Å². The molecule has 1 aliphatic carbocycles. The summed E-state index contributed by atoms with van der Waals surface area (Å²) in [6.07, 6.45) is 4.40. The molecule has 3 fully saturated rings. The van der Waals surface area contributed by atoms with Gasteiger partial charge in [0.2, 0.25) is 10.0 Å². The van der Waals surface area contributed by atoms with Gasteiger partial charge in [-0.3, -0.25) is 9.69 Å². The maximum atomic E-state index is 13.1. The molecule has 8 heteroatoms. The Balaban J connectivity index is 1.36. The minimum Gasteiger partial charge on any atom is -0.336 e. The van der Waals surface area contributed by atoms with E-state index in [0.29, 0.717) is 18.7 Å². The Morgan fingerprint density at radius 1 is 1.00 bits per heavy atom. The Labute approximate surface area is 174 Å². The lowest BCUT2D eigenvalue weighted by molar-refractivity contribution is 0.0626. The van der Waals surface area contributed by atoms with E-state index in [-0.39, 0.29) is 16.8 Å². The Morgan fingerprint density at radius 3 is 2.24 bits per heavy atom. The van der Waals surface area contributed by atoms with Gasteiger partial charge >= 0.3 is 0 Å². The molecule has 2 heterocycles. The molecule has 0 radical (unpaired) electrons. The Hall–Kier alpha value is -1.48. The van der Waals surface area contributed by atoms with Crippen LogP contribution in [-0.4, -0.2) is 87.4 Å². The number of nitrogens with one attached hydrogen (secondary N) is 1. The number of hydrogen-bond donors (Lipinski definition) is 1. The second-order valence-electron chi connectivity index (χ2n) is 8.55. The third-order valence-electron chi connectivity index (χ3n) is 6.24. The van der Waals surface area contributed by atoms with Crippen LogP contribution in [0.3, 0.4) is 0 Å². The van der Waals surface area contributed by atoms with E-state index in [2.05, 4.69) is 14.5 Å². The second kappa shape index (κ2) is 8.71. The number of sulfonamides is 1. The number of rotatable bonds is 7. The zero-order valence-electron chi connectivity index (χ0n) is 17.3. The monoisotopic (exact) mass is 420 g/mol. The molecule has 7 nitrogen and oxygen atoms in total. The van der Waals surface area contributed by atoms with E-state index in [1.807, 2.05) is 11.8 Å². The van der Waals surface area contributed by atoms with Gasteiger partial charge < -0.3 is 9.80 Å². The maximum Gasteiger partial charge on any atom is 0.254 e. The minimum absolute atomic E-state index is 0.0501. The molecule has 1 aromatic carbocycles. The number of amides is 1. The van der Waals surface area contributed by atoms with Crippen molar-refractivity contribution in [2.24, 2.45) is 0 Å². The lowest BCUT2D eigenvalue weighted by Crippen LogP contribution is -2.50. The van der Waals surface area contributed by atoms with Crippen molar-refractivity contribution in [2.45, 2.75) is 43.5 Å². The molecule has 160 valence electrons. The summed E-state index contributed by atoms with van der Waals surface area (Å²) in [4.78, 5) is 20.1. The van der Waals surface area contributed by atoms with Crippen LogP contribution in [0.25, 0.3) is 0 Å². The van der Waals surface area contributed by atoms with Gasteiger partial charge in [-0.05, 0) is 63.4 Å². The fraction of sp³-hybridized carbons (Fsp3) is 0.667. The summed E-state index contributed by atoms with van der Waals surface area (Å²) in [5, 5.41) is 0. The number of hydrogen-bond acceptors (Lipinski definition) is 5. The van der Waals surface area contributed by atoms with Crippen LogP contribution in [0.4, 0.5) is 0 Å². The summed E-state index contributed by atoms with van der Waals surface area (Å²) in [5.74, 6) is -0.0647. The highest BCUT2D eigenvalue weighted by Crippen LogP contribution is 2.24. The average molecular weight is 421 g/mol. The van der Waals surface area contributed by atoms with Crippen molar-refractivity contribution in [3.05, 3.63) is 29.3 Å². The highest BCUT2D eigenvalue weighted by atomic mass is 32.2. The van der Waals surface area contributed by atoms with Crippen molar-refractivity contribution >= 4 is 15.9 Å². The second-order valence-corrected chi connectivity index (χ2v) is 10.3. The van der Waals surface area contributed by atoms with E-state index in [1.54, 1.807) is 18.2 Å². The zero-order chi connectivity index (χ0) is 20.4. The third kappa shape index (κ3) is 5.17. The van der Waals surface area contributed by atoms with E-state index < -0.39 is 10.0 Å². The highest BCUT2D eigenvalue weighted by Gasteiger charge is 2.29. The summed E-state index contributed by atoms with van der Waals surface area (Å²) in [5.41, 5.74) is 1.31. The molecule has 3 aliphatic rings. The molecule has 1 aromatic rings. The van der Waals surface area contributed by atoms with Gasteiger partial charge in [-0.15, -0.1) is 0 Å². The molecule has 1 amide bonds. The number of piperazine rings is 1. The summed E-state index contributed by atoms with van der Waals surface area (Å²) >= 11 is 0. The lowest BCUT2D eigenvalue weighted by Gasteiger charge is -2.35. The molecular weight excluding hydrogens is 388 g/mol. The smallest absolute Gasteiger partial charge is 0.254 e. The van der Waals surface area contributed by atoms with Crippen LogP contribution in [0.15, 0.2) is 23.1 Å². The van der Waals surface area contributed by atoms with Crippen LogP contribution >= 0.6 is 0 Å². The van der Waals surface area contributed by atoms with Crippen LogP contribution in [0.1, 0.15) is 41.6 Å². The van der Waals surface area contributed by atoms with E-state index >= 15 is 0 Å². The maximum absolute atomic E-state index is 13.1. The highest BCUT2D eigenvalue weighted by molar-refractivity contribution is 7.89. The molecule has 0 aromatic heterocycles. The van der Waals surface area contributed by atoms with E-state index in [1.165, 1.54) is 25.9 Å². The van der Waals surface area contributed by atoms with Crippen LogP contribution < -0.4 is 4.72 Å². The number of benzene rings is 1. The molecule has 29 heavy (non-hydrogen) atoms. The minimum atomic E-state index is -3.56. The number of aryl methyl sites for hydroxylation is 1. The molecule has 0 atom stereocenters. The molecule has 2 aliphatic heterocycles. The summed E-state index contributed by atoms with van der Waals surface area (Å²) in [7, 11) is -3.56. The van der Waals surface area contributed by atoms with Crippen molar-refractivity contribution in [1.82, 2.24) is 19.4 Å². The van der Waals surface area contributed by atoms with Crippen LogP contribution in [-0.2, 0) is 10.0 Å². The standard InChI is InChI=1S/C21H32N4O3S/c1-17-4-7-19(29(27,28)22-18-5-6-18)16-20(17)21(26)25-14-12-24(13-15-25)11-10-23-8-2-3-9-23/h4,7,16,18,22H,2-3,5-6,8-15H2,1H3. The average Bonchev–Trinajstić information content (AvgIpc) is 3.35. The van der Waals surface area contributed by atoms with Gasteiger partial charge in [-0.2, -0.15) is 0 Å². The zero-order valence-corrected chi connectivity index (χ0v) is 18.1. The lowest BCUT2D eigenvalue weighted by atomic mass is 10.1. The molecule has 1 saturated carbocycles. The molecule has 0 bridgehead atoms. The first kappa shape index (κ1) is 20.8. The topological polar surface area (TPSA) is 73.0 Å². The summed E-state index contributed by atoms with van der Waals surface area (Å²) < 4.78 is 27.7. The van der Waals surface area contributed by atoms with Gasteiger partial charge in [0, 0.05) is 50.9 Å². The molecule has 0 unspecified atom stereocenters. The Bertz CT molecular complexity index is 839. The SMILES string of the molecule is Cc1ccc(S(=O)(=O)NC2CC2)cc1C(=O)N1CCN(CCN2CCCC2)CC1. The van der Waals surface area contributed by atoms with Gasteiger partial charge in [0.1, 0.15) is 0 Å². The number of likely N-dealkylation sites (tertiary alicyclic amines) is 1. The fourth-order valence-electron chi connectivity index (χ4n) is 4.12. The van der Waals surface area contributed by atoms with E-state index in [0.717, 1.165) is 44.6 Å². The van der Waals surface area contributed by atoms with Crippen molar-refractivity contribution in [3.63, 3.8) is 0 Å². The Morgan fingerprint density at radius 2 is 1.62 bits per heavy atom. The third-order valence-corrected chi connectivity index (χ3v) is 7.76. The first-order valence-electron chi connectivity index (χ1n) is 10.8. The molecule has 0 spiro atoms. The molecular formula is C21H32N4O3S. The first-order chi connectivity index (χ1) is 13.9. The number of nitrogens with zero attached hydrogens (tertiary/aromatic N) is 3. The van der Waals surface area contributed by atoms with Crippen molar-refractivity contribution in [3.8, 4) is 0 Å². The van der Waals surface area contributed by atoms with Gasteiger partial charge in [0.25, 0.3) is 5.91 Å².